The molecule has 0 amide bonds. The fourth-order valence-corrected chi connectivity index (χ4v) is 2.82. The summed E-state index contributed by atoms with van der Waals surface area (Å²) in [7, 11) is 0. The average molecular weight is 299 g/mol. The normalized spacial score (nSPS) is 10.9. The van der Waals surface area contributed by atoms with Gasteiger partial charge in [-0.1, -0.05) is 49.0 Å². The van der Waals surface area contributed by atoms with Crippen LogP contribution in [-0.4, -0.2) is 24.7 Å². The van der Waals surface area contributed by atoms with Gasteiger partial charge in [-0.15, -0.1) is 5.10 Å². The van der Waals surface area contributed by atoms with Crippen LogP contribution in [0.3, 0.4) is 0 Å². The first-order valence-corrected chi connectivity index (χ1v) is 7.91. The van der Waals surface area contributed by atoms with Crippen molar-refractivity contribution < 1.29 is 0 Å². The van der Waals surface area contributed by atoms with Gasteiger partial charge in [0.05, 0.1) is 5.75 Å². The highest BCUT2D eigenvalue weighted by molar-refractivity contribution is 7.98. The monoisotopic (exact) mass is 299 g/mol. The van der Waals surface area contributed by atoms with Crippen LogP contribution >= 0.6 is 11.8 Å². The molecule has 1 N–H and O–H groups in total. The lowest BCUT2D eigenvalue weighted by Crippen LogP contribution is -2.03. The van der Waals surface area contributed by atoms with Crippen LogP contribution in [0.1, 0.15) is 24.1 Å². The number of aromatic nitrogens is 5. The van der Waals surface area contributed by atoms with E-state index in [1.807, 2.05) is 18.5 Å². The highest BCUT2D eigenvalue weighted by Crippen LogP contribution is 2.18. The minimum absolute atomic E-state index is 0.765. The Morgan fingerprint density at radius 2 is 2.10 bits per heavy atom. The molecule has 21 heavy (non-hydrogen) atoms. The summed E-state index contributed by atoms with van der Waals surface area (Å²) in [4.78, 5) is 8.83. The third kappa shape index (κ3) is 3.52. The molecule has 0 saturated carbocycles. The summed E-state index contributed by atoms with van der Waals surface area (Å²) in [5, 5.41) is 7.90. The van der Waals surface area contributed by atoms with Crippen LogP contribution in [0.5, 0.6) is 0 Å². The Balaban J connectivity index is 1.65. The van der Waals surface area contributed by atoms with E-state index in [2.05, 4.69) is 55.9 Å². The summed E-state index contributed by atoms with van der Waals surface area (Å²) in [6, 6.07) is 10.4. The number of hydrogen-bond donors (Lipinski definition) is 1. The highest BCUT2D eigenvalue weighted by Gasteiger charge is 2.07. The molecule has 0 aliphatic carbocycles. The molecule has 5 nitrogen and oxygen atoms in total. The summed E-state index contributed by atoms with van der Waals surface area (Å²) < 4.78 is 2.16. The van der Waals surface area contributed by atoms with Gasteiger partial charge in [0, 0.05) is 25.4 Å². The Morgan fingerprint density at radius 3 is 2.86 bits per heavy atom. The van der Waals surface area contributed by atoms with E-state index in [4.69, 9.17) is 0 Å². The number of nitrogens with zero attached hydrogens (tertiary/aromatic N) is 4. The smallest absolute Gasteiger partial charge is 0.208 e. The second-order valence-electron chi connectivity index (χ2n) is 4.66. The van der Waals surface area contributed by atoms with Crippen molar-refractivity contribution in [3.8, 4) is 0 Å². The van der Waals surface area contributed by atoms with E-state index in [0.29, 0.717) is 0 Å². The lowest BCUT2D eigenvalue weighted by atomic mass is 10.2. The summed E-state index contributed by atoms with van der Waals surface area (Å²) in [6.45, 7) is 2.90. The highest BCUT2D eigenvalue weighted by atomic mass is 32.2. The van der Waals surface area contributed by atoms with Crippen LogP contribution in [0.15, 0.2) is 47.9 Å². The third-order valence-electron chi connectivity index (χ3n) is 3.17. The van der Waals surface area contributed by atoms with Gasteiger partial charge in [0.2, 0.25) is 5.16 Å². The number of aryl methyl sites for hydroxylation is 1. The van der Waals surface area contributed by atoms with E-state index in [-0.39, 0.29) is 0 Å². The molecule has 0 radical (unpaired) electrons. The molecule has 2 heterocycles. The second kappa shape index (κ2) is 6.58. The molecule has 3 rings (SSSR count). The lowest BCUT2D eigenvalue weighted by Gasteiger charge is -2.06. The van der Waals surface area contributed by atoms with Crippen molar-refractivity contribution in [3.63, 3.8) is 0 Å². The van der Waals surface area contributed by atoms with Crippen molar-refractivity contribution in [2.75, 3.05) is 0 Å². The van der Waals surface area contributed by atoms with E-state index >= 15 is 0 Å². The van der Waals surface area contributed by atoms with Crippen LogP contribution in [0.2, 0.25) is 0 Å². The van der Waals surface area contributed by atoms with Crippen LogP contribution in [-0.2, 0) is 18.7 Å². The number of aromatic amines is 1. The Kier molecular flexibility index (Phi) is 4.35. The van der Waals surface area contributed by atoms with Gasteiger partial charge >= 0.3 is 0 Å². The molecule has 108 valence electrons. The van der Waals surface area contributed by atoms with Crippen LogP contribution in [0.25, 0.3) is 0 Å². The third-order valence-corrected chi connectivity index (χ3v) is 4.02. The fourth-order valence-electron chi connectivity index (χ4n) is 2.03. The van der Waals surface area contributed by atoms with E-state index in [1.54, 1.807) is 11.8 Å². The molecule has 2 aromatic heterocycles. The first-order chi connectivity index (χ1) is 10.3. The minimum Gasteiger partial charge on any atom is -0.330 e. The first-order valence-electron chi connectivity index (χ1n) is 6.93. The number of thioether (sulfide) groups is 1. The molecule has 0 saturated heterocycles. The van der Waals surface area contributed by atoms with E-state index in [9.17, 15) is 0 Å². The predicted octanol–water partition coefficient (Wildman–Crippen LogP) is 2.90. The van der Waals surface area contributed by atoms with Crippen LogP contribution in [0.4, 0.5) is 0 Å². The predicted molar refractivity (Wildman–Crippen MR) is 83.1 cm³/mol. The maximum atomic E-state index is 4.43. The van der Waals surface area contributed by atoms with E-state index < -0.39 is 0 Å². The molecule has 1 aromatic carbocycles. The topological polar surface area (TPSA) is 59.4 Å². The molecule has 0 unspecified atom stereocenters. The molecule has 0 aliphatic heterocycles. The van der Waals surface area contributed by atoms with Crippen LogP contribution in [0, 0.1) is 0 Å². The van der Waals surface area contributed by atoms with Crippen LogP contribution < -0.4 is 0 Å². The minimum atomic E-state index is 0.765. The van der Waals surface area contributed by atoms with Crippen molar-refractivity contribution in [1.82, 2.24) is 24.7 Å². The number of nitrogens with one attached hydrogen (secondary N) is 1. The Morgan fingerprint density at radius 1 is 1.24 bits per heavy atom. The van der Waals surface area contributed by atoms with Gasteiger partial charge in [0.15, 0.2) is 0 Å². The Hall–Kier alpha value is -2.08. The van der Waals surface area contributed by atoms with Crippen molar-refractivity contribution in [1.29, 1.82) is 0 Å². The standard InChI is InChI=1S/C15H17N5S/c1-2-13-17-15(19-18-13)21-11-14-16-8-9-20(14)10-12-6-4-3-5-7-12/h3-9H,2,10-11H2,1H3,(H,17,18,19). The zero-order valence-electron chi connectivity index (χ0n) is 11.9. The zero-order valence-corrected chi connectivity index (χ0v) is 12.7. The summed E-state index contributed by atoms with van der Waals surface area (Å²) in [5.74, 6) is 2.72. The number of H-pyrrole nitrogens is 1. The molecule has 3 aromatic rings. The van der Waals surface area contributed by atoms with Crippen molar-refractivity contribution in [2.24, 2.45) is 0 Å². The molecule has 0 aliphatic rings. The largest absolute Gasteiger partial charge is 0.330 e. The molecular weight excluding hydrogens is 282 g/mol. The Labute approximate surface area is 127 Å². The van der Waals surface area contributed by atoms with Crippen molar-refractivity contribution >= 4 is 11.8 Å². The van der Waals surface area contributed by atoms with Gasteiger partial charge in [-0.25, -0.2) is 9.97 Å². The average Bonchev–Trinajstić information content (AvgIpc) is 3.15. The van der Waals surface area contributed by atoms with Gasteiger partial charge in [0.25, 0.3) is 0 Å². The zero-order chi connectivity index (χ0) is 14.5. The maximum Gasteiger partial charge on any atom is 0.208 e. The SMILES string of the molecule is CCc1nc(SCc2nccn2Cc2ccccc2)n[nH]1. The molecule has 0 spiro atoms. The lowest BCUT2D eigenvalue weighted by molar-refractivity contribution is 0.756. The molecule has 0 fully saturated rings. The van der Waals surface area contributed by atoms with Gasteiger partial charge in [-0.05, 0) is 5.56 Å². The second-order valence-corrected chi connectivity index (χ2v) is 5.61. The van der Waals surface area contributed by atoms with Gasteiger partial charge < -0.3 is 4.57 Å². The molecule has 6 heteroatoms. The summed E-state index contributed by atoms with van der Waals surface area (Å²) >= 11 is 1.60. The van der Waals surface area contributed by atoms with Crippen molar-refractivity contribution in [2.45, 2.75) is 30.8 Å². The summed E-state index contributed by atoms with van der Waals surface area (Å²) in [6.07, 6.45) is 4.73. The molecule has 0 bridgehead atoms. The van der Waals surface area contributed by atoms with Gasteiger partial charge in [-0.3, -0.25) is 5.10 Å². The number of imidazole rings is 1. The molecular formula is C15H17N5S. The maximum absolute atomic E-state index is 4.43. The van der Waals surface area contributed by atoms with Crippen molar-refractivity contribution in [3.05, 3.63) is 59.9 Å². The quantitative estimate of drug-likeness (QED) is 0.711. The fraction of sp³-hybridized carbons (Fsp3) is 0.267. The van der Waals surface area contributed by atoms with Gasteiger partial charge in [-0.2, -0.15) is 0 Å². The Bertz CT molecular complexity index is 689. The number of rotatable bonds is 6. The molecule has 0 atom stereocenters. The van der Waals surface area contributed by atoms with Gasteiger partial charge in [0.1, 0.15) is 11.6 Å². The van der Waals surface area contributed by atoms with E-state index in [1.165, 1.54) is 5.56 Å². The number of benzene rings is 1. The summed E-state index contributed by atoms with van der Waals surface area (Å²) in [5.41, 5.74) is 1.27. The first kappa shape index (κ1) is 13.9. The number of hydrogen-bond acceptors (Lipinski definition) is 4. The van der Waals surface area contributed by atoms with E-state index in [0.717, 1.165) is 35.5 Å².